The van der Waals surface area contributed by atoms with E-state index in [1.165, 1.54) is 0 Å². The van der Waals surface area contributed by atoms with Crippen molar-refractivity contribution in [2.24, 2.45) is 16.8 Å². The molecule has 0 aliphatic rings. The second-order valence-electron chi connectivity index (χ2n) is 6.30. The van der Waals surface area contributed by atoms with Crippen molar-refractivity contribution >= 4 is 23.2 Å². The van der Waals surface area contributed by atoms with Gasteiger partial charge in [0.05, 0.1) is 13.7 Å². The van der Waals surface area contributed by atoms with E-state index in [-0.39, 0.29) is 31.1 Å². The zero-order valence-corrected chi connectivity index (χ0v) is 17.2. The summed E-state index contributed by atoms with van der Waals surface area (Å²) in [7, 11) is 1.60. The van der Waals surface area contributed by atoms with Crippen LogP contribution in [0.3, 0.4) is 0 Å². The molecule has 0 radical (unpaired) electrons. The molecule has 1 atom stereocenters. The van der Waals surface area contributed by atoms with Crippen LogP contribution in [0.15, 0.2) is 53.6 Å². The monoisotopic (exact) mass is 418 g/mol. The normalized spacial score (nSPS) is 11.0. The van der Waals surface area contributed by atoms with E-state index < -0.39 is 5.92 Å². The maximum absolute atomic E-state index is 12.4. The number of methoxy groups -OCH3 is 1. The topological polar surface area (TPSA) is 133 Å². The number of benzene rings is 2. The third-order valence-corrected chi connectivity index (χ3v) is 4.32. The number of hydrogen-bond acceptors (Lipinski definition) is 6. The molecule has 8 heteroatoms. The number of aliphatic hydroxyl groups is 1. The van der Waals surface area contributed by atoms with Crippen molar-refractivity contribution in [3.63, 3.8) is 0 Å². The molecule has 0 bridgehead atoms. The van der Waals surface area contributed by atoms with Gasteiger partial charge in [0, 0.05) is 30.3 Å². The largest absolute Gasteiger partial charge is 0.497 e. The first-order valence-electron chi connectivity index (χ1n) is 9.09. The summed E-state index contributed by atoms with van der Waals surface area (Å²) in [5.41, 5.74) is 13.7. The van der Waals surface area contributed by atoms with Gasteiger partial charge in [-0.15, -0.1) is 5.11 Å². The lowest BCUT2D eigenvalue weighted by molar-refractivity contribution is -0.118. The molecule has 0 aliphatic carbocycles. The van der Waals surface area contributed by atoms with Gasteiger partial charge in [-0.25, -0.2) is 5.53 Å². The number of aliphatic hydroxyl groups excluding tert-OH is 1. The van der Waals surface area contributed by atoms with Crippen LogP contribution in [-0.2, 0) is 17.6 Å². The maximum atomic E-state index is 12.4. The number of carbonyl (C=O) groups excluding carboxylic acids is 1. The number of nitrogens with one attached hydrogen (secondary N) is 2. The average Bonchev–Trinajstić information content (AvgIpc) is 2.75. The Morgan fingerprint density at radius 3 is 2.21 bits per heavy atom. The van der Waals surface area contributed by atoms with Crippen LogP contribution in [0.1, 0.15) is 17.5 Å². The summed E-state index contributed by atoms with van der Waals surface area (Å²) in [6.45, 7) is 0.472. The van der Waals surface area contributed by atoms with Crippen molar-refractivity contribution in [2.75, 3.05) is 20.3 Å². The van der Waals surface area contributed by atoms with Gasteiger partial charge in [0.15, 0.2) is 0 Å². The predicted molar refractivity (Wildman–Crippen MR) is 114 cm³/mol. The molecule has 0 saturated carbocycles. The highest BCUT2D eigenvalue weighted by molar-refractivity contribution is 6.30. The van der Waals surface area contributed by atoms with Gasteiger partial charge in [-0.05, 0) is 41.8 Å². The molecular formula is C21H27ClN4O3. The Kier molecular flexibility index (Phi) is 11.4. The van der Waals surface area contributed by atoms with Crippen molar-refractivity contribution in [1.29, 1.82) is 10.9 Å². The highest BCUT2D eigenvalue weighted by Crippen LogP contribution is 2.19. The average molecular weight is 419 g/mol. The van der Waals surface area contributed by atoms with E-state index >= 15 is 0 Å². The van der Waals surface area contributed by atoms with Crippen LogP contribution in [-0.4, -0.2) is 37.0 Å². The minimum Gasteiger partial charge on any atom is -0.497 e. The minimum absolute atomic E-state index is 0.00855. The standard InChI is InChI=1S/C19H20ClN3O2.C2H7NO/c1-25-18-8-4-13(5-9-18)10-15(19(21)23-22)12-17(24)11-14-2-6-16(20)7-3-14;3-1-2-4/h2-9,15,21-22H,10-12H2,1H3;4H,1-3H2/t15-;/m1./s1. The number of ketones is 1. The SMILES string of the molecule is COc1ccc(C[C@H](CC(=O)Cc2ccc(Cl)cc2)C(=N)N=N)cc1.NCCO. The first-order valence-corrected chi connectivity index (χ1v) is 9.47. The second-order valence-corrected chi connectivity index (χ2v) is 6.74. The fourth-order valence-electron chi connectivity index (χ4n) is 2.58. The van der Waals surface area contributed by atoms with E-state index in [0.29, 0.717) is 18.0 Å². The molecule has 0 amide bonds. The van der Waals surface area contributed by atoms with E-state index in [9.17, 15) is 4.79 Å². The zero-order valence-electron chi connectivity index (χ0n) is 16.4. The van der Waals surface area contributed by atoms with Crippen LogP contribution in [0.5, 0.6) is 5.75 Å². The number of Topliss-reactive ketones (excluding diaryl/α,β-unsaturated/α-hetero) is 1. The molecule has 0 heterocycles. The number of nitrogens with two attached hydrogens (primary N) is 1. The highest BCUT2D eigenvalue weighted by atomic mass is 35.5. The van der Waals surface area contributed by atoms with Crippen molar-refractivity contribution in [2.45, 2.75) is 19.3 Å². The maximum Gasteiger partial charge on any atom is 0.146 e. The molecular weight excluding hydrogens is 392 g/mol. The van der Waals surface area contributed by atoms with Crippen LogP contribution in [0.25, 0.3) is 0 Å². The van der Waals surface area contributed by atoms with Crippen LogP contribution in [0.4, 0.5) is 0 Å². The Morgan fingerprint density at radius 2 is 1.72 bits per heavy atom. The third-order valence-electron chi connectivity index (χ3n) is 4.07. The molecule has 0 aromatic heterocycles. The quantitative estimate of drug-likeness (QED) is 0.281. The van der Waals surface area contributed by atoms with Crippen LogP contribution >= 0.6 is 11.6 Å². The second kappa shape index (κ2) is 13.5. The molecule has 5 N–H and O–H groups in total. The van der Waals surface area contributed by atoms with E-state index in [1.54, 1.807) is 19.2 Å². The molecule has 29 heavy (non-hydrogen) atoms. The van der Waals surface area contributed by atoms with Gasteiger partial charge in [-0.3, -0.25) is 10.2 Å². The molecule has 7 nitrogen and oxygen atoms in total. The number of amidine groups is 1. The Hall–Kier alpha value is -2.61. The van der Waals surface area contributed by atoms with Crippen LogP contribution in [0.2, 0.25) is 5.02 Å². The third kappa shape index (κ3) is 9.43. The number of rotatable bonds is 9. The van der Waals surface area contributed by atoms with Gasteiger partial charge >= 0.3 is 0 Å². The summed E-state index contributed by atoms with van der Waals surface area (Å²) in [5.74, 6) is 0.263. The summed E-state index contributed by atoms with van der Waals surface area (Å²) in [4.78, 5) is 12.4. The van der Waals surface area contributed by atoms with E-state index in [1.807, 2.05) is 36.4 Å². The molecule has 0 spiro atoms. The summed E-state index contributed by atoms with van der Waals surface area (Å²) < 4.78 is 5.13. The van der Waals surface area contributed by atoms with E-state index in [2.05, 4.69) is 5.11 Å². The molecule has 0 aliphatic heterocycles. The number of hydrogen-bond donors (Lipinski definition) is 4. The lowest BCUT2D eigenvalue weighted by atomic mass is 9.91. The Labute approximate surface area is 175 Å². The fourth-order valence-corrected chi connectivity index (χ4v) is 2.71. The minimum atomic E-state index is -0.411. The smallest absolute Gasteiger partial charge is 0.146 e. The molecule has 156 valence electrons. The Bertz CT molecular complexity index is 778. The van der Waals surface area contributed by atoms with Crippen LogP contribution < -0.4 is 10.5 Å². The van der Waals surface area contributed by atoms with Gasteiger partial charge < -0.3 is 15.6 Å². The Balaban J connectivity index is 0.000000960. The summed E-state index contributed by atoms with van der Waals surface area (Å²) in [6, 6.07) is 14.6. The van der Waals surface area contributed by atoms with Gasteiger partial charge in [0.25, 0.3) is 0 Å². The highest BCUT2D eigenvalue weighted by Gasteiger charge is 2.19. The van der Waals surface area contributed by atoms with Gasteiger partial charge in [-0.1, -0.05) is 35.9 Å². The van der Waals surface area contributed by atoms with Crippen molar-refractivity contribution < 1.29 is 14.6 Å². The molecule has 2 aromatic carbocycles. The lowest BCUT2D eigenvalue weighted by Crippen LogP contribution is -2.19. The summed E-state index contributed by atoms with van der Waals surface area (Å²) >= 11 is 5.85. The molecule has 2 rings (SSSR count). The molecule has 0 unspecified atom stereocenters. The fraction of sp³-hybridized carbons (Fsp3) is 0.333. The number of ether oxygens (including phenoxy) is 1. The molecule has 0 saturated heterocycles. The molecule has 0 fully saturated rings. The molecule has 2 aromatic rings. The van der Waals surface area contributed by atoms with E-state index in [4.69, 9.17) is 38.1 Å². The predicted octanol–water partition coefficient (Wildman–Crippen LogP) is 3.65. The van der Waals surface area contributed by atoms with Crippen molar-refractivity contribution in [3.8, 4) is 5.75 Å². The first-order chi connectivity index (χ1) is 13.9. The van der Waals surface area contributed by atoms with E-state index in [0.717, 1.165) is 16.9 Å². The first kappa shape index (κ1) is 24.4. The Morgan fingerprint density at radius 1 is 1.17 bits per heavy atom. The summed E-state index contributed by atoms with van der Waals surface area (Å²) in [6.07, 6.45) is 0.939. The summed E-state index contributed by atoms with van der Waals surface area (Å²) in [5, 5.41) is 19.5. The number of carbonyl (C=O) groups is 1. The zero-order chi connectivity index (χ0) is 21.6. The van der Waals surface area contributed by atoms with Crippen molar-refractivity contribution in [1.82, 2.24) is 0 Å². The van der Waals surface area contributed by atoms with Gasteiger partial charge in [0.1, 0.15) is 17.4 Å². The number of nitrogens with zero attached hydrogens (tertiary/aromatic N) is 1. The van der Waals surface area contributed by atoms with Gasteiger partial charge in [0.2, 0.25) is 0 Å². The number of halogens is 1. The van der Waals surface area contributed by atoms with Crippen LogP contribution in [0, 0.1) is 16.9 Å². The van der Waals surface area contributed by atoms with Gasteiger partial charge in [-0.2, -0.15) is 0 Å². The lowest BCUT2D eigenvalue weighted by Gasteiger charge is -2.14. The van der Waals surface area contributed by atoms with Crippen molar-refractivity contribution in [3.05, 3.63) is 64.7 Å².